The van der Waals surface area contributed by atoms with Crippen LogP contribution in [0.15, 0.2) is 47.4 Å². The molecule has 1 unspecified atom stereocenters. The zero-order chi connectivity index (χ0) is 16.8. The number of aryl methyl sites for hydroxylation is 1. The second-order valence-corrected chi connectivity index (χ2v) is 6.09. The Bertz CT molecular complexity index is 694. The molecule has 0 bridgehead atoms. The van der Waals surface area contributed by atoms with Gasteiger partial charge in [0.15, 0.2) is 11.6 Å². The summed E-state index contributed by atoms with van der Waals surface area (Å²) in [6.45, 7) is 1.99. The highest BCUT2D eigenvalue weighted by atomic mass is 32.2. The highest BCUT2D eigenvalue weighted by Gasteiger charge is 2.12. The van der Waals surface area contributed by atoms with E-state index >= 15 is 0 Å². The first-order valence-corrected chi connectivity index (χ1v) is 8.04. The maximum absolute atomic E-state index is 13.1. The number of nitrogens with one attached hydrogen (secondary N) is 1. The van der Waals surface area contributed by atoms with Crippen LogP contribution in [-0.4, -0.2) is 23.3 Å². The van der Waals surface area contributed by atoms with Gasteiger partial charge in [-0.1, -0.05) is 24.3 Å². The van der Waals surface area contributed by atoms with Crippen molar-refractivity contribution in [3.05, 3.63) is 65.2 Å². The molecule has 0 saturated heterocycles. The molecule has 2 N–H and O–H groups in total. The van der Waals surface area contributed by atoms with Crippen LogP contribution in [0.25, 0.3) is 0 Å². The Balaban J connectivity index is 1.81. The molecule has 0 spiro atoms. The van der Waals surface area contributed by atoms with Gasteiger partial charge in [0.25, 0.3) is 0 Å². The maximum atomic E-state index is 13.1. The summed E-state index contributed by atoms with van der Waals surface area (Å²) in [4.78, 5) is 12.2. The molecule has 23 heavy (non-hydrogen) atoms. The number of halogens is 2. The number of hydrogen-bond acceptors (Lipinski definition) is 3. The molecule has 0 aliphatic heterocycles. The molecule has 0 aliphatic carbocycles. The molecular formula is C17H17F2NO2S. The van der Waals surface area contributed by atoms with E-state index in [4.69, 9.17) is 0 Å². The minimum absolute atomic E-state index is 0.0611. The molecule has 2 aromatic rings. The Morgan fingerprint density at radius 1 is 1.22 bits per heavy atom. The average molecular weight is 337 g/mol. The third-order valence-corrected chi connectivity index (χ3v) is 4.29. The van der Waals surface area contributed by atoms with Crippen molar-refractivity contribution in [2.75, 3.05) is 12.3 Å². The number of thioether (sulfide) groups is 1. The van der Waals surface area contributed by atoms with Crippen molar-refractivity contribution in [2.45, 2.75) is 17.9 Å². The third kappa shape index (κ3) is 5.04. The fourth-order valence-corrected chi connectivity index (χ4v) is 2.80. The van der Waals surface area contributed by atoms with Crippen LogP contribution in [-0.2, 0) is 4.79 Å². The highest BCUT2D eigenvalue weighted by Crippen LogP contribution is 2.20. The van der Waals surface area contributed by atoms with E-state index in [0.29, 0.717) is 4.90 Å². The van der Waals surface area contributed by atoms with Gasteiger partial charge in [-0.25, -0.2) is 8.78 Å². The number of carbonyl (C=O) groups is 1. The van der Waals surface area contributed by atoms with Crippen molar-refractivity contribution in [1.29, 1.82) is 0 Å². The molecule has 2 aromatic carbocycles. The summed E-state index contributed by atoms with van der Waals surface area (Å²) >= 11 is 1.10. The maximum Gasteiger partial charge on any atom is 0.230 e. The Labute approximate surface area is 137 Å². The summed E-state index contributed by atoms with van der Waals surface area (Å²) in [6.07, 6.45) is -0.784. The fourth-order valence-electron chi connectivity index (χ4n) is 2.05. The van der Waals surface area contributed by atoms with Crippen molar-refractivity contribution in [3.63, 3.8) is 0 Å². The van der Waals surface area contributed by atoms with Crippen molar-refractivity contribution >= 4 is 17.7 Å². The van der Waals surface area contributed by atoms with Crippen LogP contribution in [0.3, 0.4) is 0 Å². The number of aliphatic hydroxyl groups is 1. The lowest BCUT2D eigenvalue weighted by Crippen LogP contribution is -2.30. The molecule has 0 aromatic heterocycles. The number of benzene rings is 2. The number of hydrogen-bond donors (Lipinski definition) is 2. The fraction of sp³-hybridized carbons (Fsp3) is 0.235. The van der Waals surface area contributed by atoms with Gasteiger partial charge in [-0.15, -0.1) is 11.8 Å². The van der Waals surface area contributed by atoms with Gasteiger partial charge in [0.1, 0.15) is 0 Å². The summed E-state index contributed by atoms with van der Waals surface area (Å²) in [5.41, 5.74) is 1.71. The first kappa shape index (κ1) is 17.4. The SMILES string of the molecule is Cc1ccccc1C(O)CNC(=O)CSc1ccc(F)c(F)c1. The molecule has 2 rings (SSSR count). The van der Waals surface area contributed by atoms with E-state index in [2.05, 4.69) is 5.32 Å². The van der Waals surface area contributed by atoms with Crippen molar-refractivity contribution in [1.82, 2.24) is 5.32 Å². The lowest BCUT2D eigenvalue weighted by Gasteiger charge is -2.14. The molecular weight excluding hydrogens is 320 g/mol. The molecule has 0 saturated carbocycles. The first-order valence-electron chi connectivity index (χ1n) is 7.05. The Hall–Kier alpha value is -1.92. The normalized spacial score (nSPS) is 12.0. The molecule has 0 radical (unpaired) electrons. The molecule has 6 heteroatoms. The smallest absolute Gasteiger partial charge is 0.230 e. The number of carbonyl (C=O) groups excluding carboxylic acids is 1. The van der Waals surface area contributed by atoms with E-state index in [1.54, 1.807) is 0 Å². The minimum atomic E-state index is -0.939. The number of aliphatic hydroxyl groups excluding tert-OH is 1. The van der Waals surface area contributed by atoms with Crippen molar-refractivity contribution in [3.8, 4) is 0 Å². The summed E-state index contributed by atoms with van der Waals surface area (Å²) < 4.78 is 25.9. The van der Waals surface area contributed by atoms with Gasteiger partial charge in [-0.05, 0) is 36.2 Å². The average Bonchev–Trinajstić information content (AvgIpc) is 2.54. The largest absolute Gasteiger partial charge is 0.387 e. The predicted octanol–water partition coefficient (Wildman–Crippen LogP) is 3.22. The number of amides is 1. The van der Waals surface area contributed by atoms with Crippen LogP contribution < -0.4 is 5.32 Å². The monoisotopic (exact) mass is 337 g/mol. The van der Waals surface area contributed by atoms with Crippen LogP contribution in [0.2, 0.25) is 0 Å². The van der Waals surface area contributed by atoms with Crippen LogP contribution in [0, 0.1) is 18.6 Å². The summed E-state index contributed by atoms with van der Waals surface area (Å²) in [6, 6.07) is 10.9. The molecule has 3 nitrogen and oxygen atoms in total. The van der Waals surface area contributed by atoms with Crippen molar-refractivity contribution in [2.24, 2.45) is 0 Å². The van der Waals surface area contributed by atoms with E-state index in [1.807, 2.05) is 31.2 Å². The van der Waals surface area contributed by atoms with Crippen LogP contribution in [0.1, 0.15) is 17.2 Å². The summed E-state index contributed by atoms with van der Waals surface area (Å²) in [5, 5.41) is 12.7. The van der Waals surface area contributed by atoms with Crippen LogP contribution in [0.4, 0.5) is 8.78 Å². The molecule has 0 aliphatic rings. The zero-order valence-electron chi connectivity index (χ0n) is 12.6. The van der Waals surface area contributed by atoms with Gasteiger partial charge in [0, 0.05) is 11.4 Å². The topological polar surface area (TPSA) is 49.3 Å². The standard InChI is InChI=1S/C17H17F2NO2S/c1-11-4-2-3-5-13(11)16(21)9-20-17(22)10-23-12-6-7-14(18)15(19)8-12/h2-8,16,21H,9-10H2,1H3,(H,20,22). The quantitative estimate of drug-likeness (QED) is 0.796. The minimum Gasteiger partial charge on any atom is -0.387 e. The summed E-state index contributed by atoms with van der Waals surface area (Å²) in [7, 11) is 0. The zero-order valence-corrected chi connectivity index (χ0v) is 13.4. The Morgan fingerprint density at radius 3 is 2.65 bits per heavy atom. The Morgan fingerprint density at radius 2 is 1.96 bits per heavy atom. The molecule has 122 valence electrons. The van der Waals surface area contributed by atoms with E-state index < -0.39 is 17.7 Å². The van der Waals surface area contributed by atoms with E-state index in [1.165, 1.54) is 6.07 Å². The second kappa shape index (κ2) is 8.08. The van der Waals surface area contributed by atoms with E-state index in [-0.39, 0.29) is 18.2 Å². The van der Waals surface area contributed by atoms with Crippen molar-refractivity contribution < 1.29 is 18.7 Å². The molecule has 0 fully saturated rings. The second-order valence-electron chi connectivity index (χ2n) is 5.04. The Kier molecular flexibility index (Phi) is 6.12. The molecule has 1 amide bonds. The van der Waals surface area contributed by atoms with Gasteiger partial charge < -0.3 is 10.4 Å². The van der Waals surface area contributed by atoms with Gasteiger partial charge in [-0.2, -0.15) is 0 Å². The van der Waals surface area contributed by atoms with Gasteiger partial charge in [0.2, 0.25) is 5.91 Å². The molecule has 1 atom stereocenters. The summed E-state index contributed by atoms with van der Waals surface area (Å²) in [5.74, 6) is -2.08. The molecule has 0 heterocycles. The van der Waals surface area contributed by atoms with Gasteiger partial charge in [0.05, 0.1) is 11.9 Å². The van der Waals surface area contributed by atoms with E-state index in [0.717, 1.165) is 35.0 Å². The van der Waals surface area contributed by atoms with Gasteiger partial charge in [-0.3, -0.25) is 4.79 Å². The lowest BCUT2D eigenvalue weighted by atomic mass is 10.0. The highest BCUT2D eigenvalue weighted by molar-refractivity contribution is 8.00. The third-order valence-electron chi connectivity index (χ3n) is 3.30. The predicted molar refractivity (Wildman–Crippen MR) is 86.2 cm³/mol. The first-order chi connectivity index (χ1) is 11.0. The number of rotatable bonds is 6. The van der Waals surface area contributed by atoms with Crippen LogP contribution in [0.5, 0.6) is 0 Å². The van der Waals surface area contributed by atoms with Crippen LogP contribution >= 0.6 is 11.8 Å². The van der Waals surface area contributed by atoms with E-state index in [9.17, 15) is 18.7 Å². The lowest BCUT2D eigenvalue weighted by molar-refractivity contribution is -0.119. The van der Waals surface area contributed by atoms with Gasteiger partial charge >= 0.3 is 0 Å².